The van der Waals surface area contributed by atoms with Gasteiger partial charge in [-0.15, -0.1) is 0 Å². The number of phenols is 1. The molecule has 0 atom stereocenters. The monoisotopic (exact) mass is 463 g/mol. The Morgan fingerprint density at radius 2 is 1.39 bits per heavy atom. The molecule has 4 rings (SSSR count). The highest BCUT2D eigenvalue weighted by atomic mass is 32.2. The highest BCUT2D eigenvalue weighted by Crippen LogP contribution is 2.24. The van der Waals surface area contributed by atoms with Gasteiger partial charge in [0, 0.05) is 30.1 Å². The van der Waals surface area contributed by atoms with Crippen LogP contribution in [0, 0.1) is 5.92 Å². The van der Waals surface area contributed by atoms with Gasteiger partial charge < -0.3 is 5.11 Å². The lowest BCUT2D eigenvalue weighted by Crippen LogP contribution is -2.42. The molecule has 1 amide bonds. The van der Waals surface area contributed by atoms with Crippen LogP contribution in [0.3, 0.4) is 0 Å². The number of benzene rings is 3. The van der Waals surface area contributed by atoms with E-state index in [2.05, 4.69) is 10.5 Å². The first-order chi connectivity index (χ1) is 15.9. The standard InChI is InChI=1S/C25H25N3O4S/c29-22-13-11-20(12-14-22)24(19-7-3-1-4-8-19)26-27-25(30)21-15-17-28(18-16-21)33(31,32)23-9-5-2-6-10-23/h1-14,21,29H,15-18H2,(H,27,30). The van der Waals surface area contributed by atoms with E-state index < -0.39 is 10.0 Å². The van der Waals surface area contributed by atoms with Gasteiger partial charge in [0.2, 0.25) is 15.9 Å². The van der Waals surface area contributed by atoms with E-state index in [4.69, 9.17) is 0 Å². The number of carbonyl (C=O) groups excluding carboxylic acids is 1. The number of aromatic hydroxyl groups is 1. The Morgan fingerprint density at radius 3 is 2.00 bits per heavy atom. The number of hydrazone groups is 1. The van der Waals surface area contributed by atoms with Gasteiger partial charge in [0.1, 0.15) is 5.75 Å². The molecule has 1 fully saturated rings. The van der Waals surface area contributed by atoms with Gasteiger partial charge in [0.25, 0.3) is 0 Å². The van der Waals surface area contributed by atoms with Crippen LogP contribution < -0.4 is 5.43 Å². The van der Waals surface area contributed by atoms with Crippen LogP contribution >= 0.6 is 0 Å². The van der Waals surface area contributed by atoms with Crippen LogP contribution in [-0.4, -0.2) is 42.5 Å². The fourth-order valence-corrected chi connectivity index (χ4v) is 5.30. The molecule has 0 saturated carbocycles. The van der Waals surface area contributed by atoms with Gasteiger partial charge in [-0.05, 0) is 49.2 Å². The summed E-state index contributed by atoms with van der Waals surface area (Å²) in [6.45, 7) is 0.561. The number of rotatable bonds is 6. The van der Waals surface area contributed by atoms with Gasteiger partial charge in [0.05, 0.1) is 10.6 Å². The van der Waals surface area contributed by atoms with Crippen molar-refractivity contribution in [3.8, 4) is 5.75 Å². The number of phenolic OH excluding ortho intramolecular Hbond substituents is 1. The van der Waals surface area contributed by atoms with Crippen LogP contribution in [0.15, 0.2) is 94.9 Å². The molecule has 33 heavy (non-hydrogen) atoms. The van der Waals surface area contributed by atoms with E-state index in [1.165, 1.54) is 4.31 Å². The average molecular weight is 464 g/mol. The first kappa shape index (κ1) is 22.7. The quantitative estimate of drug-likeness (QED) is 0.433. The summed E-state index contributed by atoms with van der Waals surface area (Å²) in [5.41, 5.74) is 4.82. The van der Waals surface area contributed by atoms with Crippen molar-refractivity contribution in [1.82, 2.24) is 9.73 Å². The van der Waals surface area contributed by atoms with Gasteiger partial charge in [-0.25, -0.2) is 13.8 Å². The second-order valence-electron chi connectivity index (χ2n) is 7.84. The lowest BCUT2D eigenvalue weighted by molar-refractivity contribution is -0.126. The minimum atomic E-state index is -3.56. The number of hydrogen-bond donors (Lipinski definition) is 2. The van der Waals surface area contributed by atoms with Crippen LogP contribution in [0.4, 0.5) is 0 Å². The molecular weight excluding hydrogens is 438 g/mol. The summed E-state index contributed by atoms with van der Waals surface area (Å²) in [5.74, 6) is -0.417. The molecule has 0 aliphatic carbocycles. The van der Waals surface area contributed by atoms with E-state index in [1.807, 2.05) is 30.3 Å². The molecule has 7 nitrogen and oxygen atoms in total. The van der Waals surface area contributed by atoms with Gasteiger partial charge in [-0.3, -0.25) is 4.79 Å². The molecule has 0 spiro atoms. The topological polar surface area (TPSA) is 99.1 Å². The van der Waals surface area contributed by atoms with E-state index in [9.17, 15) is 18.3 Å². The van der Waals surface area contributed by atoms with Gasteiger partial charge >= 0.3 is 0 Å². The zero-order valence-electron chi connectivity index (χ0n) is 18.0. The van der Waals surface area contributed by atoms with Crippen LogP contribution in [-0.2, 0) is 14.8 Å². The molecule has 170 valence electrons. The summed E-state index contributed by atoms with van der Waals surface area (Å²) in [7, 11) is -3.56. The van der Waals surface area contributed by atoms with E-state index >= 15 is 0 Å². The van der Waals surface area contributed by atoms with Crippen molar-refractivity contribution >= 4 is 21.6 Å². The molecule has 1 aliphatic rings. The van der Waals surface area contributed by atoms with Crippen LogP contribution in [0.5, 0.6) is 5.75 Å². The summed E-state index contributed by atoms with van der Waals surface area (Å²) in [6.07, 6.45) is 0.848. The Bertz CT molecular complexity index is 1220. The zero-order valence-corrected chi connectivity index (χ0v) is 18.8. The summed E-state index contributed by atoms with van der Waals surface area (Å²) in [4.78, 5) is 13.1. The number of sulfonamides is 1. The minimum Gasteiger partial charge on any atom is -0.508 e. The second kappa shape index (κ2) is 9.97. The Labute approximate surface area is 193 Å². The number of nitrogens with zero attached hydrogens (tertiary/aromatic N) is 2. The molecule has 0 bridgehead atoms. The maximum Gasteiger partial charge on any atom is 0.243 e. The lowest BCUT2D eigenvalue weighted by Gasteiger charge is -2.30. The number of nitrogens with one attached hydrogen (secondary N) is 1. The molecule has 1 saturated heterocycles. The Morgan fingerprint density at radius 1 is 0.848 bits per heavy atom. The number of carbonyl (C=O) groups is 1. The second-order valence-corrected chi connectivity index (χ2v) is 9.78. The average Bonchev–Trinajstić information content (AvgIpc) is 2.86. The maximum atomic E-state index is 12.8. The predicted octanol–water partition coefficient (Wildman–Crippen LogP) is 3.36. The van der Waals surface area contributed by atoms with E-state index in [-0.39, 0.29) is 35.6 Å². The lowest BCUT2D eigenvalue weighted by atomic mass is 9.97. The molecule has 0 aromatic heterocycles. The zero-order chi connectivity index (χ0) is 23.3. The molecule has 2 N–H and O–H groups in total. The van der Waals surface area contributed by atoms with Crippen LogP contribution in [0.2, 0.25) is 0 Å². The molecule has 0 unspecified atom stereocenters. The normalized spacial score (nSPS) is 15.8. The maximum absolute atomic E-state index is 12.8. The third kappa shape index (κ3) is 5.30. The number of hydrogen-bond acceptors (Lipinski definition) is 5. The van der Waals surface area contributed by atoms with Crippen molar-refractivity contribution in [2.24, 2.45) is 11.0 Å². The van der Waals surface area contributed by atoms with Gasteiger partial charge in [-0.2, -0.15) is 9.41 Å². The Hall–Kier alpha value is -3.49. The Kier molecular flexibility index (Phi) is 6.86. The van der Waals surface area contributed by atoms with Crippen molar-refractivity contribution < 1.29 is 18.3 Å². The van der Waals surface area contributed by atoms with E-state index in [0.717, 1.165) is 11.1 Å². The van der Waals surface area contributed by atoms with E-state index in [0.29, 0.717) is 18.6 Å². The molecule has 3 aromatic rings. The largest absolute Gasteiger partial charge is 0.508 e. The fraction of sp³-hybridized carbons (Fsp3) is 0.200. The van der Waals surface area contributed by atoms with Crippen LogP contribution in [0.1, 0.15) is 24.0 Å². The molecule has 0 radical (unpaired) electrons. The third-order valence-electron chi connectivity index (χ3n) is 5.67. The summed E-state index contributed by atoms with van der Waals surface area (Å²) in [5, 5.41) is 14.0. The van der Waals surface area contributed by atoms with Crippen LogP contribution in [0.25, 0.3) is 0 Å². The molecule has 3 aromatic carbocycles. The SMILES string of the molecule is O=C(NN=C(c1ccccc1)c1ccc(O)cc1)C1CCN(S(=O)(=O)c2ccccc2)CC1. The Balaban J connectivity index is 1.45. The first-order valence-corrected chi connectivity index (χ1v) is 12.2. The molecular formula is C25H25N3O4S. The summed E-state index contributed by atoms with van der Waals surface area (Å²) >= 11 is 0. The summed E-state index contributed by atoms with van der Waals surface area (Å²) in [6, 6.07) is 24.4. The fourth-order valence-electron chi connectivity index (χ4n) is 3.81. The van der Waals surface area contributed by atoms with Crippen molar-refractivity contribution in [3.63, 3.8) is 0 Å². The first-order valence-electron chi connectivity index (χ1n) is 10.7. The van der Waals surface area contributed by atoms with Crippen molar-refractivity contribution in [3.05, 3.63) is 96.1 Å². The molecule has 1 heterocycles. The molecule has 1 aliphatic heterocycles. The number of piperidine rings is 1. The predicted molar refractivity (Wildman–Crippen MR) is 126 cm³/mol. The minimum absolute atomic E-state index is 0.146. The highest BCUT2D eigenvalue weighted by molar-refractivity contribution is 7.89. The smallest absolute Gasteiger partial charge is 0.243 e. The van der Waals surface area contributed by atoms with Crippen molar-refractivity contribution in [2.45, 2.75) is 17.7 Å². The summed E-state index contributed by atoms with van der Waals surface area (Å²) < 4.78 is 27.0. The van der Waals surface area contributed by atoms with Gasteiger partial charge in [-0.1, -0.05) is 48.5 Å². The molecule has 8 heteroatoms. The van der Waals surface area contributed by atoms with Gasteiger partial charge in [0.15, 0.2) is 0 Å². The third-order valence-corrected chi connectivity index (χ3v) is 7.58. The number of amides is 1. The van der Waals surface area contributed by atoms with E-state index in [1.54, 1.807) is 54.6 Å². The highest BCUT2D eigenvalue weighted by Gasteiger charge is 2.32. The van der Waals surface area contributed by atoms with Crippen molar-refractivity contribution in [1.29, 1.82) is 0 Å². The van der Waals surface area contributed by atoms with Crippen molar-refractivity contribution in [2.75, 3.05) is 13.1 Å².